The second-order valence-electron chi connectivity index (χ2n) is 7.38. The summed E-state index contributed by atoms with van der Waals surface area (Å²) in [6.07, 6.45) is -1.27. The number of nitrogens with zero attached hydrogens (tertiary/aromatic N) is 1. The molecule has 2 aromatic carbocycles. The predicted octanol–water partition coefficient (Wildman–Crippen LogP) is 4.56. The van der Waals surface area contributed by atoms with Crippen LogP contribution < -0.4 is 5.32 Å². The molecule has 164 valence electrons. The average Bonchev–Trinajstić information content (AvgIpc) is 3.16. The SMILES string of the molecule is O=C(COC(=O)c1c2c(nc3ccccc13)/C(=C/c1ccccc1)CC2)NCC(F)(F)F. The molecule has 1 amide bonds. The van der Waals surface area contributed by atoms with Crippen molar-refractivity contribution in [2.45, 2.75) is 19.0 Å². The van der Waals surface area contributed by atoms with Crippen molar-refractivity contribution in [1.29, 1.82) is 0 Å². The summed E-state index contributed by atoms with van der Waals surface area (Å²) < 4.78 is 41.9. The van der Waals surface area contributed by atoms with E-state index >= 15 is 0 Å². The molecule has 0 fully saturated rings. The molecule has 0 bridgehead atoms. The molecule has 0 saturated heterocycles. The van der Waals surface area contributed by atoms with Crippen LogP contribution in [0.3, 0.4) is 0 Å². The van der Waals surface area contributed by atoms with Gasteiger partial charge in [0.05, 0.1) is 16.8 Å². The number of aromatic nitrogens is 1. The van der Waals surface area contributed by atoms with E-state index in [1.54, 1.807) is 29.6 Å². The third kappa shape index (κ3) is 4.80. The van der Waals surface area contributed by atoms with E-state index in [0.717, 1.165) is 11.1 Å². The van der Waals surface area contributed by atoms with E-state index in [-0.39, 0.29) is 0 Å². The second kappa shape index (κ2) is 8.82. The number of allylic oxidation sites excluding steroid dienone is 1. The number of pyridine rings is 1. The van der Waals surface area contributed by atoms with E-state index in [1.807, 2.05) is 36.4 Å². The van der Waals surface area contributed by atoms with E-state index in [2.05, 4.69) is 0 Å². The van der Waals surface area contributed by atoms with Crippen LogP contribution in [0.15, 0.2) is 54.6 Å². The van der Waals surface area contributed by atoms with Gasteiger partial charge in [0.15, 0.2) is 6.61 Å². The zero-order chi connectivity index (χ0) is 22.7. The van der Waals surface area contributed by atoms with Crippen LogP contribution in [0.4, 0.5) is 13.2 Å². The summed E-state index contributed by atoms with van der Waals surface area (Å²) in [5, 5.41) is 2.27. The van der Waals surface area contributed by atoms with Crippen LogP contribution in [0.2, 0.25) is 0 Å². The van der Waals surface area contributed by atoms with E-state index < -0.39 is 31.2 Å². The Morgan fingerprint density at radius 3 is 2.50 bits per heavy atom. The molecule has 1 aromatic heterocycles. The van der Waals surface area contributed by atoms with Crippen LogP contribution in [-0.4, -0.2) is 36.2 Å². The quantitative estimate of drug-likeness (QED) is 0.591. The number of alkyl halides is 3. The van der Waals surface area contributed by atoms with Crippen molar-refractivity contribution in [2.24, 2.45) is 0 Å². The van der Waals surface area contributed by atoms with Gasteiger partial charge in [-0.3, -0.25) is 4.79 Å². The summed E-state index contributed by atoms with van der Waals surface area (Å²) in [4.78, 5) is 29.3. The Balaban J connectivity index is 1.64. The largest absolute Gasteiger partial charge is 0.452 e. The molecule has 3 aromatic rings. The van der Waals surface area contributed by atoms with Gasteiger partial charge in [-0.1, -0.05) is 48.5 Å². The maximum Gasteiger partial charge on any atom is 0.405 e. The number of carbonyl (C=O) groups is 2. The van der Waals surface area contributed by atoms with Crippen molar-refractivity contribution in [1.82, 2.24) is 10.3 Å². The summed E-state index contributed by atoms with van der Waals surface area (Å²) in [7, 11) is 0. The van der Waals surface area contributed by atoms with Crippen molar-refractivity contribution < 1.29 is 27.5 Å². The molecule has 0 unspecified atom stereocenters. The number of amides is 1. The number of esters is 1. The number of benzene rings is 2. The lowest BCUT2D eigenvalue weighted by Gasteiger charge is -2.13. The van der Waals surface area contributed by atoms with Gasteiger partial charge in [-0.05, 0) is 41.7 Å². The van der Waals surface area contributed by atoms with Gasteiger partial charge in [-0.2, -0.15) is 13.2 Å². The fourth-order valence-corrected chi connectivity index (χ4v) is 3.72. The lowest BCUT2D eigenvalue weighted by atomic mass is 10.0. The third-order valence-electron chi connectivity index (χ3n) is 5.11. The van der Waals surface area contributed by atoms with Gasteiger partial charge in [0.1, 0.15) is 6.54 Å². The first kappa shape index (κ1) is 21.5. The Labute approximate surface area is 181 Å². The highest BCUT2D eigenvalue weighted by atomic mass is 19.4. The fraction of sp³-hybridized carbons (Fsp3) is 0.208. The average molecular weight is 440 g/mol. The normalized spacial score (nSPS) is 14.4. The number of ether oxygens (including phenoxy) is 1. The van der Waals surface area contributed by atoms with E-state index in [0.29, 0.717) is 40.6 Å². The predicted molar refractivity (Wildman–Crippen MR) is 114 cm³/mol. The number of hydrogen-bond acceptors (Lipinski definition) is 4. The summed E-state index contributed by atoms with van der Waals surface area (Å²) in [6, 6.07) is 16.8. The summed E-state index contributed by atoms with van der Waals surface area (Å²) >= 11 is 0. The van der Waals surface area contributed by atoms with Crippen LogP contribution in [0.1, 0.15) is 33.6 Å². The zero-order valence-corrected chi connectivity index (χ0v) is 16.9. The Hall–Kier alpha value is -3.68. The molecule has 0 spiro atoms. The molecule has 8 heteroatoms. The van der Waals surface area contributed by atoms with E-state index in [1.165, 1.54) is 0 Å². The minimum absolute atomic E-state index is 0.297. The van der Waals surface area contributed by atoms with Crippen molar-refractivity contribution in [3.05, 3.63) is 77.0 Å². The van der Waals surface area contributed by atoms with Gasteiger partial charge < -0.3 is 10.1 Å². The number of hydrogen-bond donors (Lipinski definition) is 1. The minimum Gasteiger partial charge on any atom is -0.452 e. The maximum atomic E-state index is 12.9. The number of carbonyl (C=O) groups excluding carboxylic acids is 2. The summed E-state index contributed by atoms with van der Waals surface area (Å²) in [5.74, 6) is -1.78. The molecule has 32 heavy (non-hydrogen) atoms. The van der Waals surface area contributed by atoms with E-state index in [9.17, 15) is 22.8 Å². The first-order valence-corrected chi connectivity index (χ1v) is 10.00. The van der Waals surface area contributed by atoms with Crippen LogP contribution in [0, 0.1) is 0 Å². The smallest absolute Gasteiger partial charge is 0.405 e. The second-order valence-corrected chi connectivity index (χ2v) is 7.38. The van der Waals surface area contributed by atoms with Gasteiger partial charge in [-0.15, -0.1) is 0 Å². The minimum atomic E-state index is -4.54. The molecule has 1 aliphatic carbocycles. The highest BCUT2D eigenvalue weighted by Crippen LogP contribution is 2.37. The topological polar surface area (TPSA) is 68.3 Å². The number of halogens is 3. The van der Waals surface area contributed by atoms with Crippen molar-refractivity contribution >= 4 is 34.4 Å². The van der Waals surface area contributed by atoms with Gasteiger partial charge in [-0.25, -0.2) is 9.78 Å². The number of rotatable bonds is 5. The maximum absolute atomic E-state index is 12.9. The Morgan fingerprint density at radius 2 is 1.75 bits per heavy atom. The molecule has 5 nitrogen and oxygen atoms in total. The van der Waals surface area contributed by atoms with Crippen molar-refractivity contribution in [2.75, 3.05) is 13.2 Å². The fourth-order valence-electron chi connectivity index (χ4n) is 3.72. The Bertz CT molecular complexity index is 1200. The van der Waals surface area contributed by atoms with Crippen LogP contribution >= 0.6 is 0 Å². The van der Waals surface area contributed by atoms with Crippen LogP contribution in [0.25, 0.3) is 22.6 Å². The monoisotopic (exact) mass is 440 g/mol. The summed E-state index contributed by atoms with van der Waals surface area (Å²) in [6.45, 7) is -2.28. The molecule has 4 rings (SSSR count). The van der Waals surface area contributed by atoms with Gasteiger partial charge >= 0.3 is 12.1 Å². The molecule has 1 N–H and O–H groups in total. The number of fused-ring (bicyclic) bond motifs is 2. The number of nitrogens with one attached hydrogen (secondary N) is 1. The molecular weight excluding hydrogens is 421 g/mol. The highest BCUT2D eigenvalue weighted by Gasteiger charge is 2.29. The zero-order valence-electron chi connectivity index (χ0n) is 16.9. The van der Waals surface area contributed by atoms with Gasteiger partial charge in [0.2, 0.25) is 0 Å². The van der Waals surface area contributed by atoms with Crippen molar-refractivity contribution in [3.8, 4) is 0 Å². The van der Waals surface area contributed by atoms with E-state index in [4.69, 9.17) is 9.72 Å². The van der Waals surface area contributed by atoms with Gasteiger partial charge in [0.25, 0.3) is 5.91 Å². The molecule has 0 atom stereocenters. The Morgan fingerprint density at radius 1 is 1.03 bits per heavy atom. The first-order valence-electron chi connectivity index (χ1n) is 10.00. The lowest BCUT2D eigenvalue weighted by molar-refractivity contribution is -0.140. The first-order chi connectivity index (χ1) is 15.3. The Kier molecular flexibility index (Phi) is 5.94. The summed E-state index contributed by atoms with van der Waals surface area (Å²) in [5.41, 5.74) is 4.29. The molecular formula is C24H19F3N2O3. The molecule has 0 radical (unpaired) electrons. The lowest BCUT2D eigenvalue weighted by Crippen LogP contribution is -2.36. The molecule has 0 aliphatic heterocycles. The van der Waals surface area contributed by atoms with Crippen LogP contribution in [0.5, 0.6) is 0 Å². The van der Waals surface area contributed by atoms with Crippen molar-refractivity contribution in [3.63, 3.8) is 0 Å². The molecule has 1 aliphatic rings. The highest BCUT2D eigenvalue weighted by molar-refractivity contribution is 6.07. The van der Waals surface area contributed by atoms with Crippen LogP contribution in [-0.2, 0) is 16.0 Å². The molecule has 0 saturated carbocycles. The third-order valence-corrected chi connectivity index (χ3v) is 5.11. The van der Waals surface area contributed by atoms with Gasteiger partial charge in [0, 0.05) is 5.39 Å². The number of para-hydroxylation sites is 1. The standard InChI is InChI=1S/C24H19F3N2O3/c25-24(26,27)14-28-20(30)13-32-23(31)21-17-8-4-5-9-19(17)29-22-16(10-11-18(21)22)12-15-6-2-1-3-7-15/h1-9,12H,10-11,13-14H2,(H,28,30)/b16-12+. The molecule has 1 heterocycles.